The van der Waals surface area contributed by atoms with Crippen LogP contribution in [0.3, 0.4) is 0 Å². The predicted octanol–water partition coefficient (Wildman–Crippen LogP) is 2.11. The van der Waals surface area contributed by atoms with Crippen LogP contribution in [0.2, 0.25) is 0 Å². The molecule has 0 saturated carbocycles. The lowest BCUT2D eigenvalue weighted by molar-refractivity contribution is -0.155. The van der Waals surface area contributed by atoms with E-state index in [9.17, 15) is 14.4 Å². The number of unbranched alkanes of at least 4 members (excludes halogenated alkanes) is 2. The fourth-order valence-electron chi connectivity index (χ4n) is 5.57. The van der Waals surface area contributed by atoms with Crippen molar-refractivity contribution in [3.8, 4) is 0 Å². The second kappa shape index (κ2) is 8.34. The van der Waals surface area contributed by atoms with Crippen LogP contribution in [0, 0.1) is 11.8 Å². The third kappa shape index (κ3) is 3.85. The average molecular weight is 441 g/mol. The van der Waals surface area contributed by atoms with E-state index in [4.69, 9.17) is 9.84 Å². The van der Waals surface area contributed by atoms with Gasteiger partial charge in [-0.1, -0.05) is 0 Å². The Morgan fingerprint density at radius 2 is 1.97 bits per heavy atom. The number of hydrogen-bond acceptors (Lipinski definition) is 6. The zero-order chi connectivity index (χ0) is 22.3. The van der Waals surface area contributed by atoms with Crippen LogP contribution in [-0.2, 0) is 19.1 Å². The molecule has 0 radical (unpaired) electrons. The summed E-state index contributed by atoms with van der Waals surface area (Å²) < 4.78 is 4.40. The van der Waals surface area contributed by atoms with Gasteiger partial charge in [0, 0.05) is 23.4 Å². The second-order valence-electron chi connectivity index (χ2n) is 10.0. The summed E-state index contributed by atoms with van der Waals surface area (Å²) in [7, 11) is 0. The highest BCUT2D eigenvalue weighted by atomic mass is 32.2. The number of fused-ring (bicyclic) bond motifs is 1. The normalized spacial score (nSPS) is 34.9. The molecule has 0 aromatic rings. The molecule has 0 aliphatic carbocycles. The van der Waals surface area contributed by atoms with Crippen LogP contribution in [0.25, 0.3) is 0 Å². The highest BCUT2D eigenvalue weighted by molar-refractivity contribution is 8.02. The molecule has 2 unspecified atom stereocenters. The van der Waals surface area contributed by atoms with E-state index in [0.29, 0.717) is 13.0 Å². The maximum atomic E-state index is 13.7. The average Bonchev–Trinajstić information content (AvgIpc) is 3.19. The van der Waals surface area contributed by atoms with Gasteiger partial charge in [-0.15, -0.1) is 11.8 Å². The number of likely N-dealkylation sites (tertiary alicyclic amines) is 1. The summed E-state index contributed by atoms with van der Waals surface area (Å²) in [5.41, 5.74) is -0.414. The van der Waals surface area contributed by atoms with E-state index in [-0.39, 0.29) is 35.7 Å². The number of ether oxygens (including phenoxy) is 1. The van der Waals surface area contributed by atoms with Gasteiger partial charge in [-0.2, -0.15) is 0 Å². The number of carbonyl (C=O) groups excluding carboxylic acids is 3. The molecule has 3 aliphatic rings. The lowest BCUT2D eigenvalue weighted by atomic mass is 9.66. The standard InChI is InChI=1S/C22H36N2O5S/c1-6-29-19(28)15-14-18(27)24(12-8-7-9-13-25)16(17(26)23-20(2,3)4)22(14)11-10-21(15,5)30-22/h14-16,25H,6-13H2,1-5H3,(H,23,26)/t14-,15-,16?,21+,22?/m0/s1. The summed E-state index contributed by atoms with van der Waals surface area (Å²) in [6, 6.07) is -0.588. The van der Waals surface area contributed by atoms with Gasteiger partial charge in [0.15, 0.2) is 0 Å². The molecule has 170 valence electrons. The zero-order valence-corrected chi connectivity index (χ0v) is 19.6. The number of amides is 2. The number of aliphatic hydroxyl groups is 1. The number of carbonyl (C=O) groups is 3. The smallest absolute Gasteiger partial charge is 0.311 e. The second-order valence-corrected chi connectivity index (χ2v) is 11.9. The van der Waals surface area contributed by atoms with Gasteiger partial charge < -0.3 is 20.1 Å². The molecule has 3 rings (SSSR count). The van der Waals surface area contributed by atoms with Crippen LogP contribution < -0.4 is 5.32 Å². The van der Waals surface area contributed by atoms with E-state index < -0.39 is 28.2 Å². The number of nitrogens with zero attached hydrogens (tertiary/aromatic N) is 1. The Kier molecular flexibility index (Phi) is 6.50. The van der Waals surface area contributed by atoms with E-state index in [1.54, 1.807) is 23.6 Å². The molecule has 1 spiro atoms. The van der Waals surface area contributed by atoms with Gasteiger partial charge in [0.25, 0.3) is 0 Å². The third-order valence-corrected chi connectivity index (χ3v) is 8.61. The molecule has 3 saturated heterocycles. The molecule has 3 heterocycles. The molecule has 2 amide bonds. The molecule has 0 aromatic carbocycles. The van der Waals surface area contributed by atoms with Crippen LogP contribution >= 0.6 is 11.8 Å². The molecule has 3 aliphatic heterocycles. The van der Waals surface area contributed by atoms with Crippen molar-refractivity contribution in [1.82, 2.24) is 10.2 Å². The van der Waals surface area contributed by atoms with Crippen LogP contribution in [0.1, 0.15) is 66.7 Å². The van der Waals surface area contributed by atoms with Crippen molar-refractivity contribution in [3.05, 3.63) is 0 Å². The number of esters is 1. The first-order chi connectivity index (χ1) is 14.0. The quantitative estimate of drug-likeness (QED) is 0.443. The Morgan fingerprint density at radius 3 is 2.57 bits per heavy atom. The number of hydrogen-bond donors (Lipinski definition) is 2. The first-order valence-electron chi connectivity index (χ1n) is 11.1. The predicted molar refractivity (Wildman–Crippen MR) is 116 cm³/mol. The Balaban J connectivity index is 1.96. The van der Waals surface area contributed by atoms with Gasteiger partial charge in [0.1, 0.15) is 6.04 Å². The van der Waals surface area contributed by atoms with E-state index in [0.717, 1.165) is 25.7 Å². The van der Waals surface area contributed by atoms with Crippen molar-refractivity contribution in [3.63, 3.8) is 0 Å². The Hall–Kier alpha value is -1.28. The van der Waals surface area contributed by atoms with Gasteiger partial charge in [-0.3, -0.25) is 14.4 Å². The third-order valence-electron chi connectivity index (χ3n) is 6.62. The number of nitrogens with one attached hydrogen (secondary N) is 1. The minimum absolute atomic E-state index is 0.0953. The molecule has 7 nitrogen and oxygen atoms in total. The lowest BCUT2D eigenvalue weighted by Crippen LogP contribution is -2.57. The number of thioether (sulfide) groups is 1. The van der Waals surface area contributed by atoms with Crippen molar-refractivity contribution in [2.24, 2.45) is 11.8 Å². The fourth-order valence-corrected chi connectivity index (χ4v) is 7.91. The van der Waals surface area contributed by atoms with Gasteiger partial charge in [-0.05, 0) is 66.7 Å². The van der Waals surface area contributed by atoms with Crippen LogP contribution in [0.15, 0.2) is 0 Å². The topological polar surface area (TPSA) is 95.9 Å². The van der Waals surface area contributed by atoms with Gasteiger partial charge in [0.2, 0.25) is 11.8 Å². The first kappa shape index (κ1) is 23.4. The van der Waals surface area contributed by atoms with Gasteiger partial charge in [0.05, 0.1) is 23.2 Å². The highest BCUT2D eigenvalue weighted by Gasteiger charge is 2.77. The molecule has 3 fully saturated rings. The van der Waals surface area contributed by atoms with Crippen molar-refractivity contribution in [1.29, 1.82) is 0 Å². The molecule has 8 heteroatoms. The van der Waals surface area contributed by atoms with Crippen molar-refractivity contribution in [2.45, 2.75) is 87.8 Å². The van der Waals surface area contributed by atoms with Crippen molar-refractivity contribution < 1.29 is 24.2 Å². The Labute approximate surface area is 183 Å². The number of rotatable bonds is 8. The Bertz CT molecular complexity index is 708. The summed E-state index contributed by atoms with van der Waals surface area (Å²) in [5.74, 6) is -1.58. The van der Waals surface area contributed by atoms with Crippen LogP contribution in [0.5, 0.6) is 0 Å². The molecule has 5 atom stereocenters. The van der Waals surface area contributed by atoms with E-state index in [1.807, 2.05) is 27.7 Å². The SMILES string of the molecule is CCOC(=O)[C@@H]1[C@H]2C(=O)N(CCCCCO)C(C(=O)NC(C)(C)C)C23CC[C@@]1(C)S3. The number of aliphatic hydroxyl groups excluding tert-OH is 1. The van der Waals surface area contributed by atoms with E-state index in [1.165, 1.54) is 0 Å². The van der Waals surface area contributed by atoms with E-state index in [2.05, 4.69) is 5.32 Å². The minimum Gasteiger partial charge on any atom is -0.466 e. The van der Waals surface area contributed by atoms with Gasteiger partial charge in [-0.25, -0.2) is 0 Å². The summed E-state index contributed by atoms with van der Waals surface area (Å²) >= 11 is 1.66. The summed E-state index contributed by atoms with van der Waals surface area (Å²) in [5, 5.41) is 12.2. The first-order valence-corrected chi connectivity index (χ1v) is 11.9. The van der Waals surface area contributed by atoms with Crippen LogP contribution in [-0.4, -0.2) is 68.6 Å². The van der Waals surface area contributed by atoms with E-state index >= 15 is 0 Å². The minimum atomic E-state index is -0.588. The highest BCUT2D eigenvalue weighted by Crippen LogP contribution is 2.71. The molecular formula is C22H36N2O5S. The van der Waals surface area contributed by atoms with Gasteiger partial charge >= 0.3 is 5.97 Å². The van der Waals surface area contributed by atoms with Crippen molar-refractivity contribution >= 4 is 29.5 Å². The Morgan fingerprint density at radius 1 is 1.27 bits per heavy atom. The zero-order valence-electron chi connectivity index (χ0n) is 18.8. The lowest BCUT2D eigenvalue weighted by Gasteiger charge is -2.36. The van der Waals surface area contributed by atoms with Crippen molar-refractivity contribution in [2.75, 3.05) is 19.8 Å². The monoisotopic (exact) mass is 440 g/mol. The van der Waals surface area contributed by atoms with Crippen LogP contribution in [0.4, 0.5) is 0 Å². The fraction of sp³-hybridized carbons (Fsp3) is 0.864. The summed E-state index contributed by atoms with van der Waals surface area (Å²) in [6.07, 6.45) is 3.73. The molecule has 2 bridgehead atoms. The molecular weight excluding hydrogens is 404 g/mol. The molecule has 0 aromatic heterocycles. The largest absolute Gasteiger partial charge is 0.466 e. The summed E-state index contributed by atoms with van der Waals surface area (Å²) in [4.78, 5) is 41.7. The molecule has 30 heavy (non-hydrogen) atoms. The summed E-state index contributed by atoms with van der Waals surface area (Å²) in [6.45, 7) is 10.5. The molecule has 2 N–H and O–H groups in total. The maximum Gasteiger partial charge on any atom is 0.311 e. The maximum absolute atomic E-state index is 13.7.